The van der Waals surface area contributed by atoms with Gasteiger partial charge in [-0.05, 0) is 29.7 Å². The molecule has 0 unspecified atom stereocenters. The zero-order valence-electron chi connectivity index (χ0n) is 12.2. The Labute approximate surface area is 124 Å². The lowest BCUT2D eigenvalue weighted by molar-refractivity contribution is -0.122. The zero-order valence-corrected chi connectivity index (χ0v) is 13.0. The summed E-state index contributed by atoms with van der Waals surface area (Å²) in [4.78, 5) is 24.6. The molecule has 110 valence electrons. The molecule has 1 heterocycles. The van der Waals surface area contributed by atoms with Crippen LogP contribution in [0, 0.1) is 11.8 Å². The summed E-state index contributed by atoms with van der Waals surface area (Å²) in [6.07, 6.45) is 4.11. The molecule has 0 aliphatic heterocycles. The number of carbonyl (C=O) groups excluding carboxylic acids is 2. The molecule has 0 radical (unpaired) electrons. The Morgan fingerprint density at radius 2 is 2.10 bits per heavy atom. The molecule has 1 aromatic heterocycles. The standard InChI is InChI=1S/C16H23NO2S/c1-11-5-3-6-13(12(11)2)17-16(19)9-8-14(18)15-7-4-10-20-15/h4,7,10-13H,3,5-6,8-9H2,1-2H3,(H,17,19)/t11-,12-,13+/m1/s1. The van der Waals surface area contributed by atoms with Crippen molar-refractivity contribution in [3.8, 4) is 0 Å². The van der Waals surface area contributed by atoms with Gasteiger partial charge in [-0.3, -0.25) is 9.59 Å². The Kier molecular flexibility index (Phi) is 5.35. The first-order valence-electron chi connectivity index (χ1n) is 7.44. The van der Waals surface area contributed by atoms with Gasteiger partial charge in [0, 0.05) is 18.9 Å². The topological polar surface area (TPSA) is 46.2 Å². The largest absolute Gasteiger partial charge is 0.353 e. The van der Waals surface area contributed by atoms with E-state index < -0.39 is 0 Å². The number of carbonyl (C=O) groups is 2. The number of amides is 1. The predicted octanol–water partition coefficient (Wildman–Crippen LogP) is 3.65. The second-order valence-electron chi connectivity index (χ2n) is 5.84. The summed E-state index contributed by atoms with van der Waals surface area (Å²) in [6.45, 7) is 4.47. The van der Waals surface area contributed by atoms with Crippen molar-refractivity contribution >= 4 is 23.0 Å². The van der Waals surface area contributed by atoms with E-state index in [1.165, 1.54) is 24.2 Å². The number of rotatable bonds is 5. The molecule has 1 amide bonds. The third-order valence-electron chi connectivity index (χ3n) is 4.43. The fraction of sp³-hybridized carbons (Fsp3) is 0.625. The van der Waals surface area contributed by atoms with E-state index in [1.807, 2.05) is 17.5 Å². The van der Waals surface area contributed by atoms with Crippen molar-refractivity contribution in [3.05, 3.63) is 22.4 Å². The first-order valence-corrected chi connectivity index (χ1v) is 8.32. The highest BCUT2D eigenvalue weighted by Gasteiger charge is 2.28. The summed E-state index contributed by atoms with van der Waals surface area (Å²) in [5, 5.41) is 5.00. The van der Waals surface area contributed by atoms with Crippen molar-refractivity contribution in [1.82, 2.24) is 5.32 Å². The number of Topliss-reactive ketones (excluding diaryl/α,β-unsaturated/α-hetero) is 1. The van der Waals surface area contributed by atoms with Crippen LogP contribution in [0.3, 0.4) is 0 Å². The van der Waals surface area contributed by atoms with Gasteiger partial charge in [-0.2, -0.15) is 0 Å². The molecule has 0 bridgehead atoms. The monoisotopic (exact) mass is 293 g/mol. The Bertz CT molecular complexity index is 455. The maximum absolute atomic E-state index is 12.0. The second-order valence-corrected chi connectivity index (χ2v) is 6.79. The lowest BCUT2D eigenvalue weighted by Gasteiger charge is -2.34. The van der Waals surface area contributed by atoms with Gasteiger partial charge in [0.25, 0.3) is 0 Å². The number of ketones is 1. The zero-order chi connectivity index (χ0) is 14.5. The molecule has 1 aromatic rings. The van der Waals surface area contributed by atoms with E-state index in [0.29, 0.717) is 24.7 Å². The van der Waals surface area contributed by atoms with Gasteiger partial charge in [0.1, 0.15) is 0 Å². The van der Waals surface area contributed by atoms with Gasteiger partial charge in [-0.1, -0.05) is 32.8 Å². The van der Waals surface area contributed by atoms with Crippen molar-refractivity contribution in [2.45, 2.75) is 52.0 Å². The van der Waals surface area contributed by atoms with E-state index in [1.54, 1.807) is 0 Å². The number of nitrogens with one attached hydrogen (secondary N) is 1. The van der Waals surface area contributed by atoms with Crippen molar-refractivity contribution in [2.75, 3.05) is 0 Å². The van der Waals surface area contributed by atoms with Crippen LogP contribution in [0.4, 0.5) is 0 Å². The fourth-order valence-corrected chi connectivity index (χ4v) is 3.55. The first-order chi connectivity index (χ1) is 9.58. The van der Waals surface area contributed by atoms with Crippen LogP contribution in [0.25, 0.3) is 0 Å². The minimum atomic E-state index is 0.0147. The molecule has 0 spiro atoms. The average Bonchev–Trinajstić information content (AvgIpc) is 2.95. The molecule has 1 fully saturated rings. The highest BCUT2D eigenvalue weighted by Crippen LogP contribution is 2.29. The van der Waals surface area contributed by atoms with Gasteiger partial charge in [0.15, 0.2) is 5.78 Å². The molecule has 3 atom stereocenters. The highest BCUT2D eigenvalue weighted by atomic mass is 32.1. The lowest BCUT2D eigenvalue weighted by Crippen LogP contribution is -2.43. The van der Waals surface area contributed by atoms with Crippen LogP contribution in [0.5, 0.6) is 0 Å². The molecule has 3 nitrogen and oxygen atoms in total. The van der Waals surface area contributed by atoms with Crippen LogP contribution in [0.15, 0.2) is 17.5 Å². The molecular weight excluding hydrogens is 270 g/mol. The number of hydrogen-bond donors (Lipinski definition) is 1. The Morgan fingerprint density at radius 3 is 2.80 bits per heavy atom. The Hall–Kier alpha value is -1.16. The van der Waals surface area contributed by atoms with Crippen molar-refractivity contribution < 1.29 is 9.59 Å². The van der Waals surface area contributed by atoms with E-state index in [-0.39, 0.29) is 17.7 Å². The third-order valence-corrected chi connectivity index (χ3v) is 5.34. The van der Waals surface area contributed by atoms with Crippen molar-refractivity contribution in [3.63, 3.8) is 0 Å². The lowest BCUT2D eigenvalue weighted by atomic mass is 9.78. The van der Waals surface area contributed by atoms with E-state index in [4.69, 9.17) is 0 Å². The molecular formula is C16H23NO2S. The Balaban J connectivity index is 1.76. The molecule has 4 heteroatoms. The maximum atomic E-state index is 12.0. The van der Waals surface area contributed by atoms with Crippen molar-refractivity contribution in [2.24, 2.45) is 11.8 Å². The van der Waals surface area contributed by atoms with Crippen LogP contribution in [-0.4, -0.2) is 17.7 Å². The highest BCUT2D eigenvalue weighted by molar-refractivity contribution is 7.12. The van der Waals surface area contributed by atoms with Gasteiger partial charge in [-0.15, -0.1) is 11.3 Å². The summed E-state index contributed by atoms with van der Waals surface area (Å²) in [7, 11) is 0. The van der Waals surface area contributed by atoms with Gasteiger partial charge in [0.05, 0.1) is 4.88 Å². The molecule has 1 N–H and O–H groups in total. The van der Waals surface area contributed by atoms with Crippen LogP contribution in [0.1, 0.15) is 55.6 Å². The predicted molar refractivity (Wildman–Crippen MR) is 82.0 cm³/mol. The minimum Gasteiger partial charge on any atom is -0.353 e. The summed E-state index contributed by atoms with van der Waals surface area (Å²) in [6, 6.07) is 3.96. The summed E-state index contributed by atoms with van der Waals surface area (Å²) < 4.78 is 0. The second kappa shape index (κ2) is 7.02. The van der Waals surface area contributed by atoms with E-state index in [0.717, 1.165) is 11.3 Å². The maximum Gasteiger partial charge on any atom is 0.220 e. The van der Waals surface area contributed by atoms with Crippen LogP contribution >= 0.6 is 11.3 Å². The van der Waals surface area contributed by atoms with E-state index in [9.17, 15) is 9.59 Å². The number of thiophene rings is 1. The molecule has 1 saturated carbocycles. The fourth-order valence-electron chi connectivity index (χ4n) is 2.85. The van der Waals surface area contributed by atoms with Gasteiger partial charge < -0.3 is 5.32 Å². The van der Waals surface area contributed by atoms with Gasteiger partial charge in [0.2, 0.25) is 5.91 Å². The summed E-state index contributed by atoms with van der Waals surface area (Å²) >= 11 is 1.44. The first kappa shape index (κ1) is 15.2. The van der Waals surface area contributed by atoms with Crippen LogP contribution in [-0.2, 0) is 4.79 Å². The van der Waals surface area contributed by atoms with Crippen LogP contribution < -0.4 is 5.32 Å². The Morgan fingerprint density at radius 1 is 1.30 bits per heavy atom. The molecule has 0 aromatic carbocycles. The molecule has 2 rings (SSSR count). The van der Waals surface area contributed by atoms with Crippen LogP contribution in [0.2, 0.25) is 0 Å². The molecule has 0 saturated heterocycles. The quantitative estimate of drug-likeness (QED) is 0.842. The molecule has 20 heavy (non-hydrogen) atoms. The average molecular weight is 293 g/mol. The van der Waals surface area contributed by atoms with Gasteiger partial charge in [-0.25, -0.2) is 0 Å². The minimum absolute atomic E-state index is 0.0147. The third kappa shape index (κ3) is 3.92. The molecule has 1 aliphatic carbocycles. The van der Waals surface area contributed by atoms with Crippen molar-refractivity contribution in [1.29, 1.82) is 0 Å². The SMILES string of the molecule is C[C@@H]1[C@H](C)CCC[C@@H]1NC(=O)CCC(=O)c1cccs1. The van der Waals surface area contributed by atoms with E-state index >= 15 is 0 Å². The summed E-state index contributed by atoms with van der Waals surface area (Å²) in [5.74, 6) is 1.28. The molecule has 1 aliphatic rings. The normalized spacial score (nSPS) is 26.2. The number of hydrogen-bond acceptors (Lipinski definition) is 3. The van der Waals surface area contributed by atoms with E-state index in [2.05, 4.69) is 19.2 Å². The smallest absolute Gasteiger partial charge is 0.220 e. The summed E-state index contributed by atoms with van der Waals surface area (Å²) in [5.41, 5.74) is 0. The van der Waals surface area contributed by atoms with Gasteiger partial charge >= 0.3 is 0 Å².